The SMILES string of the molecule is O=C1COCCN1CC(O)c1ccc2c(c1)OCO2. The Bertz CT molecular complexity index is 490. The van der Waals surface area contributed by atoms with E-state index in [2.05, 4.69) is 0 Å². The van der Waals surface area contributed by atoms with E-state index in [-0.39, 0.29) is 25.9 Å². The fourth-order valence-electron chi connectivity index (χ4n) is 2.18. The van der Waals surface area contributed by atoms with Crippen LogP contribution >= 0.6 is 0 Å². The van der Waals surface area contributed by atoms with Crippen LogP contribution in [0, 0.1) is 0 Å². The van der Waals surface area contributed by atoms with E-state index < -0.39 is 6.10 Å². The van der Waals surface area contributed by atoms with Gasteiger partial charge in [-0.05, 0) is 17.7 Å². The quantitative estimate of drug-likeness (QED) is 0.851. The van der Waals surface area contributed by atoms with E-state index in [1.165, 1.54) is 0 Å². The third-order valence-electron chi connectivity index (χ3n) is 3.26. The van der Waals surface area contributed by atoms with Gasteiger partial charge in [0.15, 0.2) is 11.5 Å². The monoisotopic (exact) mass is 265 g/mol. The fourth-order valence-corrected chi connectivity index (χ4v) is 2.18. The summed E-state index contributed by atoms with van der Waals surface area (Å²) in [6.07, 6.45) is -0.739. The highest BCUT2D eigenvalue weighted by molar-refractivity contribution is 5.78. The molecule has 0 saturated carbocycles. The van der Waals surface area contributed by atoms with Gasteiger partial charge >= 0.3 is 0 Å². The van der Waals surface area contributed by atoms with Crippen molar-refractivity contribution in [2.75, 3.05) is 33.1 Å². The molecule has 3 rings (SSSR count). The molecule has 0 aromatic heterocycles. The molecule has 6 heteroatoms. The van der Waals surface area contributed by atoms with Crippen molar-refractivity contribution in [3.05, 3.63) is 23.8 Å². The Morgan fingerprint density at radius 3 is 3.00 bits per heavy atom. The Balaban J connectivity index is 1.69. The molecule has 1 N–H and O–H groups in total. The van der Waals surface area contributed by atoms with Gasteiger partial charge in [-0.2, -0.15) is 0 Å². The third-order valence-corrected chi connectivity index (χ3v) is 3.26. The van der Waals surface area contributed by atoms with Gasteiger partial charge < -0.3 is 24.2 Å². The van der Waals surface area contributed by atoms with Crippen molar-refractivity contribution in [3.63, 3.8) is 0 Å². The second kappa shape index (κ2) is 5.07. The molecule has 1 saturated heterocycles. The molecule has 102 valence electrons. The fraction of sp³-hybridized carbons (Fsp3) is 0.462. The minimum Gasteiger partial charge on any atom is -0.454 e. The normalized spacial score (nSPS) is 19.6. The van der Waals surface area contributed by atoms with E-state index >= 15 is 0 Å². The van der Waals surface area contributed by atoms with Crippen molar-refractivity contribution in [3.8, 4) is 11.5 Å². The summed E-state index contributed by atoms with van der Waals surface area (Å²) in [7, 11) is 0. The van der Waals surface area contributed by atoms with Crippen LogP contribution in [0.4, 0.5) is 0 Å². The molecule has 1 aromatic carbocycles. The molecule has 1 aromatic rings. The molecular formula is C13H15NO5. The average molecular weight is 265 g/mol. The Hall–Kier alpha value is -1.79. The molecule has 19 heavy (non-hydrogen) atoms. The number of aliphatic hydroxyl groups is 1. The van der Waals surface area contributed by atoms with Crippen molar-refractivity contribution in [1.29, 1.82) is 0 Å². The van der Waals surface area contributed by atoms with Crippen molar-refractivity contribution in [2.24, 2.45) is 0 Å². The van der Waals surface area contributed by atoms with Gasteiger partial charge in [0.1, 0.15) is 6.61 Å². The van der Waals surface area contributed by atoms with Crippen LogP contribution < -0.4 is 9.47 Å². The summed E-state index contributed by atoms with van der Waals surface area (Å²) in [6.45, 7) is 1.59. The van der Waals surface area contributed by atoms with Crippen LogP contribution in [0.3, 0.4) is 0 Å². The van der Waals surface area contributed by atoms with E-state index in [9.17, 15) is 9.90 Å². The van der Waals surface area contributed by atoms with Gasteiger partial charge in [0.05, 0.1) is 19.3 Å². The van der Waals surface area contributed by atoms with Crippen LogP contribution in [-0.4, -0.2) is 49.0 Å². The first-order valence-electron chi connectivity index (χ1n) is 6.17. The Kier molecular flexibility index (Phi) is 3.27. The van der Waals surface area contributed by atoms with E-state index in [4.69, 9.17) is 14.2 Å². The van der Waals surface area contributed by atoms with E-state index in [1.807, 2.05) is 0 Å². The van der Waals surface area contributed by atoms with Crippen molar-refractivity contribution >= 4 is 5.91 Å². The lowest BCUT2D eigenvalue weighted by Gasteiger charge is -2.28. The maximum absolute atomic E-state index is 11.6. The summed E-state index contributed by atoms with van der Waals surface area (Å²) in [4.78, 5) is 13.2. The molecule has 0 radical (unpaired) electrons. The highest BCUT2D eigenvalue weighted by Gasteiger charge is 2.23. The standard InChI is InChI=1S/C13H15NO5/c15-10(6-14-3-4-17-7-13(14)16)9-1-2-11-12(5-9)19-8-18-11/h1-2,5,10,15H,3-4,6-8H2. The number of nitrogens with zero attached hydrogens (tertiary/aromatic N) is 1. The molecule has 1 fully saturated rings. The summed E-state index contributed by atoms with van der Waals surface area (Å²) in [5.41, 5.74) is 0.712. The maximum Gasteiger partial charge on any atom is 0.248 e. The number of benzene rings is 1. The van der Waals surface area contributed by atoms with Gasteiger partial charge in [0.25, 0.3) is 0 Å². The van der Waals surface area contributed by atoms with E-state index in [0.29, 0.717) is 30.2 Å². The molecule has 2 aliphatic heterocycles. The van der Waals surface area contributed by atoms with Crippen LogP contribution in [0.5, 0.6) is 11.5 Å². The number of amides is 1. The summed E-state index contributed by atoms with van der Waals surface area (Å²) in [6, 6.07) is 5.29. The third kappa shape index (κ3) is 2.50. The minimum absolute atomic E-state index is 0.0911. The summed E-state index contributed by atoms with van der Waals surface area (Å²) in [5, 5.41) is 10.2. The van der Waals surface area contributed by atoms with Gasteiger partial charge in [0.2, 0.25) is 12.7 Å². The minimum atomic E-state index is -0.739. The summed E-state index contributed by atoms with van der Waals surface area (Å²) >= 11 is 0. The van der Waals surface area contributed by atoms with Crippen molar-refractivity contribution in [2.45, 2.75) is 6.10 Å². The molecule has 1 unspecified atom stereocenters. The van der Waals surface area contributed by atoms with Crippen molar-refractivity contribution in [1.82, 2.24) is 4.90 Å². The van der Waals surface area contributed by atoms with Crippen molar-refractivity contribution < 1.29 is 24.1 Å². The number of hydrogen-bond acceptors (Lipinski definition) is 5. The van der Waals surface area contributed by atoms with Crippen LogP contribution in [0.25, 0.3) is 0 Å². The zero-order chi connectivity index (χ0) is 13.2. The number of morpholine rings is 1. The zero-order valence-electron chi connectivity index (χ0n) is 10.4. The van der Waals surface area contributed by atoms with Gasteiger partial charge in [-0.25, -0.2) is 0 Å². The van der Waals surface area contributed by atoms with Gasteiger partial charge in [-0.15, -0.1) is 0 Å². The lowest BCUT2D eigenvalue weighted by molar-refractivity contribution is -0.144. The van der Waals surface area contributed by atoms with Crippen LogP contribution in [-0.2, 0) is 9.53 Å². The number of fused-ring (bicyclic) bond motifs is 1. The predicted molar refractivity (Wildman–Crippen MR) is 64.9 cm³/mol. The summed E-state index contributed by atoms with van der Waals surface area (Å²) < 4.78 is 15.5. The highest BCUT2D eigenvalue weighted by Crippen LogP contribution is 2.34. The lowest BCUT2D eigenvalue weighted by atomic mass is 10.1. The second-order valence-electron chi connectivity index (χ2n) is 4.52. The molecule has 1 amide bonds. The molecular weight excluding hydrogens is 250 g/mol. The molecule has 6 nitrogen and oxygen atoms in total. The van der Waals surface area contributed by atoms with Crippen LogP contribution in [0.1, 0.15) is 11.7 Å². The molecule has 0 aliphatic carbocycles. The number of hydrogen-bond donors (Lipinski definition) is 1. The molecule has 0 bridgehead atoms. The number of aliphatic hydroxyl groups excluding tert-OH is 1. The van der Waals surface area contributed by atoms with Gasteiger partial charge in [0, 0.05) is 6.54 Å². The number of ether oxygens (including phenoxy) is 3. The maximum atomic E-state index is 11.6. The Labute approximate surface area is 110 Å². The average Bonchev–Trinajstić information content (AvgIpc) is 2.88. The summed E-state index contributed by atoms with van der Waals surface area (Å²) in [5.74, 6) is 1.22. The smallest absolute Gasteiger partial charge is 0.248 e. The number of carbonyl (C=O) groups excluding carboxylic acids is 1. The van der Waals surface area contributed by atoms with E-state index in [1.54, 1.807) is 23.1 Å². The molecule has 1 atom stereocenters. The first kappa shape index (κ1) is 12.3. The first-order chi connectivity index (χ1) is 9.24. The predicted octanol–water partition coefficient (Wildman–Crippen LogP) is 0.307. The number of carbonyl (C=O) groups is 1. The molecule has 0 spiro atoms. The number of β-amino-alcohol motifs (C(OH)–C–C–N with tert-alkyl or cyclic N) is 1. The Morgan fingerprint density at radius 1 is 1.32 bits per heavy atom. The number of rotatable bonds is 3. The highest BCUT2D eigenvalue weighted by atomic mass is 16.7. The topological polar surface area (TPSA) is 68.2 Å². The Morgan fingerprint density at radius 2 is 2.16 bits per heavy atom. The molecule has 2 aliphatic rings. The first-order valence-corrected chi connectivity index (χ1v) is 6.17. The zero-order valence-corrected chi connectivity index (χ0v) is 10.4. The van der Waals surface area contributed by atoms with Crippen LogP contribution in [0.15, 0.2) is 18.2 Å². The largest absolute Gasteiger partial charge is 0.454 e. The van der Waals surface area contributed by atoms with Gasteiger partial charge in [-0.3, -0.25) is 4.79 Å². The van der Waals surface area contributed by atoms with E-state index in [0.717, 1.165) is 0 Å². The lowest BCUT2D eigenvalue weighted by Crippen LogP contribution is -2.43. The molecule has 2 heterocycles. The van der Waals surface area contributed by atoms with Gasteiger partial charge in [-0.1, -0.05) is 6.07 Å². The van der Waals surface area contributed by atoms with Crippen LogP contribution in [0.2, 0.25) is 0 Å². The second-order valence-corrected chi connectivity index (χ2v) is 4.52.